The van der Waals surface area contributed by atoms with Gasteiger partial charge in [-0.1, -0.05) is 23.7 Å². The van der Waals surface area contributed by atoms with E-state index in [-0.39, 0.29) is 0 Å². The predicted molar refractivity (Wildman–Crippen MR) is 79.1 cm³/mol. The van der Waals surface area contributed by atoms with E-state index in [9.17, 15) is 4.79 Å². The van der Waals surface area contributed by atoms with E-state index in [0.29, 0.717) is 27.7 Å². The van der Waals surface area contributed by atoms with Crippen LogP contribution in [0.1, 0.15) is 10.4 Å². The van der Waals surface area contributed by atoms with E-state index in [2.05, 4.69) is 5.32 Å². The maximum atomic E-state index is 11.7. The van der Waals surface area contributed by atoms with Gasteiger partial charge in [0.15, 0.2) is 0 Å². The largest absolute Gasteiger partial charge is 0.495 e. The number of hydrogen-bond donors (Lipinski definition) is 1. The number of benzene rings is 2. The van der Waals surface area contributed by atoms with E-state index in [1.807, 2.05) is 6.07 Å². The summed E-state index contributed by atoms with van der Waals surface area (Å²) >= 11 is 5.92. The van der Waals surface area contributed by atoms with Crippen LogP contribution in [0.25, 0.3) is 0 Å². The molecule has 2 rings (SSSR count). The summed E-state index contributed by atoms with van der Waals surface area (Å²) in [5, 5.41) is 3.73. The van der Waals surface area contributed by atoms with Crippen LogP contribution in [0, 0.1) is 0 Å². The minimum atomic E-state index is -0.402. The van der Waals surface area contributed by atoms with Gasteiger partial charge >= 0.3 is 5.97 Å². The minimum absolute atomic E-state index is 0.402. The van der Waals surface area contributed by atoms with Crippen molar-refractivity contribution in [2.45, 2.75) is 0 Å². The first-order chi connectivity index (χ1) is 9.65. The average Bonchev–Trinajstić information content (AvgIpc) is 2.48. The monoisotopic (exact) mass is 291 g/mol. The molecule has 0 bridgehead atoms. The summed E-state index contributed by atoms with van der Waals surface area (Å²) in [5.41, 5.74) is 1.81. The van der Waals surface area contributed by atoms with Gasteiger partial charge in [0, 0.05) is 11.1 Å². The van der Waals surface area contributed by atoms with E-state index in [4.69, 9.17) is 21.1 Å². The lowest BCUT2D eigenvalue weighted by atomic mass is 10.1. The number of hydrogen-bond acceptors (Lipinski definition) is 4. The van der Waals surface area contributed by atoms with Crippen molar-refractivity contribution in [3.63, 3.8) is 0 Å². The second-order valence-corrected chi connectivity index (χ2v) is 4.44. The summed E-state index contributed by atoms with van der Waals surface area (Å²) < 4.78 is 10.0. The Balaban J connectivity index is 2.38. The van der Waals surface area contributed by atoms with E-state index < -0.39 is 5.97 Å². The second kappa shape index (κ2) is 6.30. The molecule has 0 aliphatic heterocycles. The van der Waals surface area contributed by atoms with Crippen LogP contribution in [-0.2, 0) is 4.74 Å². The van der Waals surface area contributed by atoms with Crippen molar-refractivity contribution in [3.8, 4) is 5.75 Å². The molecule has 4 nitrogen and oxygen atoms in total. The molecule has 0 saturated carbocycles. The predicted octanol–water partition coefficient (Wildman–Crippen LogP) is 3.88. The van der Waals surface area contributed by atoms with E-state index in [0.717, 1.165) is 0 Å². The number of anilines is 2. The molecule has 0 unspecified atom stereocenters. The first-order valence-electron chi connectivity index (χ1n) is 5.93. The maximum absolute atomic E-state index is 11.7. The van der Waals surface area contributed by atoms with Gasteiger partial charge in [0.25, 0.3) is 0 Å². The van der Waals surface area contributed by atoms with Crippen molar-refractivity contribution in [2.24, 2.45) is 0 Å². The van der Waals surface area contributed by atoms with Gasteiger partial charge in [-0.15, -0.1) is 0 Å². The smallest absolute Gasteiger partial charge is 0.339 e. The first-order valence-corrected chi connectivity index (χ1v) is 6.31. The minimum Gasteiger partial charge on any atom is -0.495 e. The van der Waals surface area contributed by atoms with Crippen molar-refractivity contribution in [3.05, 3.63) is 53.1 Å². The van der Waals surface area contributed by atoms with Crippen LogP contribution in [0.3, 0.4) is 0 Å². The van der Waals surface area contributed by atoms with Gasteiger partial charge in [-0.25, -0.2) is 4.79 Å². The van der Waals surface area contributed by atoms with Gasteiger partial charge in [-0.3, -0.25) is 0 Å². The van der Waals surface area contributed by atoms with Crippen molar-refractivity contribution >= 4 is 28.9 Å². The van der Waals surface area contributed by atoms with Gasteiger partial charge in [-0.2, -0.15) is 0 Å². The zero-order valence-electron chi connectivity index (χ0n) is 11.1. The highest BCUT2D eigenvalue weighted by Crippen LogP contribution is 2.31. The van der Waals surface area contributed by atoms with Crippen LogP contribution < -0.4 is 10.1 Å². The SMILES string of the molecule is COC(=O)c1ccccc1Nc1ccc(Cl)cc1OC. The average molecular weight is 292 g/mol. The van der Waals surface area contributed by atoms with Crippen LogP contribution in [0.15, 0.2) is 42.5 Å². The van der Waals surface area contributed by atoms with Gasteiger partial charge in [0.2, 0.25) is 0 Å². The lowest BCUT2D eigenvalue weighted by Gasteiger charge is -2.13. The van der Waals surface area contributed by atoms with E-state index >= 15 is 0 Å². The Morgan fingerprint density at radius 2 is 1.85 bits per heavy atom. The van der Waals surface area contributed by atoms with Crippen LogP contribution in [0.2, 0.25) is 5.02 Å². The molecule has 0 amide bonds. The fourth-order valence-electron chi connectivity index (χ4n) is 1.79. The lowest BCUT2D eigenvalue weighted by molar-refractivity contribution is 0.0602. The highest BCUT2D eigenvalue weighted by atomic mass is 35.5. The van der Waals surface area contributed by atoms with Crippen molar-refractivity contribution < 1.29 is 14.3 Å². The number of carbonyl (C=O) groups excluding carboxylic acids is 1. The summed E-state index contributed by atoms with van der Waals surface area (Å²) in [6.07, 6.45) is 0. The molecule has 2 aromatic rings. The Labute approximate surface area is 122 Å². The quantitative estimate of drug-likeness (QED) is 0.869. The fraction of sp³-hybridized carbons (Fsp3) is 0.133. The number of halogens is 1. The van der Waals surface area contributed by atoms with Crippen LogP contribution >= 0.6 is 11.6 Å². The lowest BCUT2D eigenvalue weighted by Crippen LogP contribution is -2.05. The Bertz CT molecular complexity index is 628. The number of carbonyl (C=O) groups is 1. The molecular formula is C15H14ClNO3. The standard InChI is InChI=1S/C15H14ClNO3/c1-19-14-9-10(16)7-8-13(14)17-12-6-4-3-5-11(12)15(18)20-2/h3-9,17H,1-2H3. The van der Waals surface area contributed by atoms with Crippen molar-refractivity contribution in [1.29, 1.82) is 0 Å². The molecule has 0 aliphatic rings. The molecule has 0 radical (unpaired) electrons. The zero-order valence-corrected chi connectivity index (χ0v) is 11.9. The summed E-state index contributed by atoms with van der Waals surface area (Å²) in [6.45, 7) is 0. The number of ether oxygens (including phenoxy) is 2. The Morgan fingerprint density at radius 3 is 2.55 bits per heavy atom. The van der Waals surface area contributed by atoms with Crippen LogP contribution in [0.5, 0.6) is 5.75 Å². The van der Waals surface area contributed by atoms with Crippen molar-refractivity contribution in [2.75, 3.05) is 19.5 Å². The molecule has 104 valence electrons. The second-order valence-electron chi connectivity index (χ2n) is 4.01. The summed E-state index contributed by atoms with van der Waals surface area (Å²) in [7, 11) is 2.91. The molecule has 2 aromatic carbocycles. The van der Waals surface area contributed by atoms with Crippen LogP contribution in [-0.4, -0.2) is 20.2 Å². The third-order valence-corrected chi connectivity index (χ3v) is 3.00. The highest BCUT2D eigenvalue weighted by molar-refractivity contribution is 6.30. The molecule has 0 heterocycles. The summed E-state index contributed by atoms with van der Waals surface area (Å²) in [5.74, 6) is 0.193. The third kappa shape index (κ3) is 3.03. The molecule has 0 atom stereocenters. The molecule has 0 aliphatic carbocycles. The van der Waals surface area contributed by atoms with Gasteiger partial charge in [0.1, 0.15) is 5.75 Å². The molecule has 20 heavy (non-hydrogen) atoms. The van der Waals surface area contributed by atoms with Gasteiger partial charge < -0.3 is 14.8 Å². The number of rotatable bonds is 4. The topological polar surface area (TPSA) is 47.6 Å². The van der Waals surface area contributed by atoms with Gasteiger partial charge in [0.05, 0.1) is 31.2 Å². The molecule has 0 fully saturated rings. The normalized spacial score (nSPS) is 9.95. The number of nitrogens with one attached hydrogen (secondary N) is 1. The van der Waals surface area contributed by atoms with E-state index in [1.165, 1.54) is 7.11 Å². The zero-order chi connectivity index (χ0) is 14.5. The van der Waals surface area contributed by atoms with E-state index in [1.54, 1.807) is 43.5 Å². The summed E-state index contributed by atoms with van der Waals surface area (Å²) in [4.78, 5) is 11.7. The molecule has 0 spiro atoms. The molecule has 0 saturated heterocycles. The van der Waals surface area contributed by atoms with Crippen molar-refractivity contribution in [1.82, 2.24) is 0 Å². The molecule has 5 heteroatoms. The fourth-order valence-corrected chi connectivity index (χ4v) is 1.96. The third-order valence-electron chi connectivity index (χ3n) is 2.77. The summed E-state index contributed by atoms with van der Waals surface area (Å²) in [6, 6.07) is 12.3. The molecular weight excluding hydrogens is 278 g/mol. The Hall–Kier alpha value is -2.20. The maximum Gasteiger partial charge on any atom is 0.339 e. The molecule has 1 N–H and O–H groups in total. The van der Waals surface area contributed by atoms with Gasteiger partial charge in [-0.05, 0) is 24.3 Å². The number of methoxy groups -OCH3 is 2. The highest BCUT2D eigenvalue weighted by Gasteiger charge is 2.12. The molecule has 0 aromatic heterocycles. The van der Waals surface area contributed by atoms with Crippen LogP contribution in [0.4, 0.5) is 11.4 Å². The number of para-hydroxylation sites is 1. The Morgan fingerprint density at radius 1 is 1.10 bits per heavy atom. The first kappa shape index (κ1) is 14.2. The number of esters is 1. The Kier molecular flexibility index (Phi) is 4.48.